The lowest BCUT2D eigenvalue weighted by atomic mass is 9.87. The number of benzene rings is 2. The summed E-state index contributed by atoms with van der Waals surface area (Å²) in [7, 11) is 0. The van der Waals surface area contributed by atoms with Crippen molar-refractivity contribution in [3.05, 3.63) is 64.2 Å². The molecular weight excluding hydrogens is 364 g/mol. The second-order valence-electron chi connectivity index (χ2n) is 8.89. The van der Waals surface area contributed by atoms with Gasteiger partial charge >= 0.3 is 0 Å². The lowest BCUT2D eigenvalue weighted by Crippen LogP contribution is -2.27. The smallest absolute Gasteiger partial charge is 0.138 e. The van der Waals surface area contributed by atoms with E-state index in [1.807, 2.05) is 6.07 Å². The highest BCUT2D eigenvalue weighted by atomic mass is 16.5. The first-order valence-corrected chi connectivity index (χ1v) is 10.2. The van der Waals surface area contributed by atoms with Crippen LogP contribution in [-0.4, -0.2) is 17.3 Å². The highest BCUT2D eigenvalue weighted by molar-refractivity contribution is 5.66. The Labute approximate surface area is 171 Å². The summed E-state index contributed by atoms with van der Waals surface area (Å²) in [5.74, 6) is 2.93. The van der Waals surface area contributed by atoms with Gasteiger partial charge in [-0.2, -0.15) is 0 Å². The summed E-state index contributed by atoms with van der Waals surface area (Å²) in [4.78, 5) is 0. The number of phenols is 1. The summed E-state index contributed by atoms with van der Waals surface area (Å²) < 4.78 is 18.8. The molecular formula is C25H26O4. The van der Waals surface area contributed by atoms with Crippen LogP contribution >= 0.6 is 0 Å². The second kappa shape index (κ2) is 6.31. The lowest BCUT2D eigenvalue weighted by Gasteiger charge is -2.30. The third-order valence-corrected chi connectivity index (χ3v) is 5.89. The van der Waals surface area contributed by atoms with Gasteiger partial charge in [0.1, 0.15) is 34.7 Å². The highest BCUT2D eigenvalue weighted by Gasteiger charge is 2.42. The molecule has 2 aromatic rings. The molecule has 5 rings (SSSR count). The van der Waals surface area contributed by atoms with E-state index in [1.165, 1.54) is 5.57 Å². The lowest BCUT2D eigenvalue weighted by molar-refractivity contribution is 0.138. The van der Waals surface area contributed by atoms with Crippen molar-refractivity contribution in [2.75, 3.05) is 6.61 Å². The Morgan fingerprint density at radius 2 is 2.00 bits per heavy atom. The van der Waals surface area contributed by atoms with Crippen LogP contribution in [0.15, 0.2) is 42.0 Å². The molecule has 0 aliphatic carbocycles. The molecule has 1 N–H and O–H groups in total. The van der Waals surface area contributed by atoms with Gasteiger partial charge in [0, 0.05) is 22.3 Å². The van der Waals surface area contributed by atoms with Crippen LogP contribution in [0.4, 0.5) is 0 Å². The van der Waals surface area contributed by atoms with E-state index < -0.39 is 0 Å². The van der Waals surface area contributed by atoms with Gasteiger partial charge in [-0.25, -0.2) is 0 Å². The van der Waals surface area contributed by atoms with Gasteiger partial charge in [-0.15, -0.1) is 0 Å². The van der Waals surface area contributed by atoms with Crippen LogP contribution in [-0.2, 0) is 6.42 Å². The zero-order chi connectivity index (χ0) is 20.3. The quantitative estimate of drug-likeness (QED) is 0.669. The number of phenolic OH excluding ortho intramolecular Hbond substituents is 1. The Bertz CT molecular complexity index is 1060. The van der Waals surface area contributed by atoms with E-state index in [9.17, 15) is 5.11 Å². The topological polar surface area (TPSA) is 47.9 Å². The van der Waals surface area contributed by atoms with Crippen molar-refractivity contribution in [3.8, 4) is 23.0 Å². The molecule has 0 saturated carbocycles. The number of rotatable bonds is 2. The van der Waals surface area contributed by atoms with E-state index in [4.69, 9.17) is 14.2 Å². The van der Waals surface area contributed by atoms with Crippen LogP contribution in [0.25, 0.3) is 6.08 Å². The molecule has 3 aliphatic rings. The Balaban J connectivity index is 1.54. The van der Waals surface area contributed by atoms with E-state index in [1.54, 1.807) is 6.07 Å². The molecule has 0 saturated heterocycles. The first kappa shape index (κ1) is 18.2. The Morgan fingerprint density at radius 3 is 2.79 bits per heavy atom. The molecule has 0 radical (unpaired) electrons. The van der Waals surface area contributed by atoms with E-state index in [-0.39, 0.29) is 23.4 Å². The van der Waals surface area contributed by atoms with Crippen LogP contribution in [0, 0.1) is 0 Å². The van der Waals surface area contributed by atoms with Gasteiger partial charge in [0.05, 0.1) is 12.5 Å². The first-order valence-electron chi connectivity index (χ1n) is 10.2. The number of allylic oxidation sites excluding steroid dienone is 2. The van der Waals surface area contributed by atoms with Crippen molar-refractivity contribution < 1.29 is 19.3 Å². The van der Waals surface area contributed by atoms with Crippen molar-refractivity contribution in [1.29, 1.82) is 0 Å². The van der Waals surface area contributed by atoms with Crippen LogP contribution in [0.3, 0.4) is 0 Å². The van der Waals surface area contributed by atoms with Crippen molar-refractivity contribution in [1.82, 2.24) is 0 Å². The molecule has 150 valence electrons. The fraction of sp³-hybridized carbons (Fsp3) is 0.360. The van der Waals surface area contributed by atoms with Crippen LogP contribution in [0.5, 0.6) is 23.0 Å². The summed E-state index contributed by atoms with van der Waals surface area (Å²) >= 11 is 0. The molecule has 0 fully saturated rings. The molecule has 2 aromatic carbocycles. The maximum atomic E-state index is 10.4. The van der Waals surface area contributed by atoms with Gasteiger partial charge in [-0.05, 0) is 64.5 Å². The molecule has 0 spiro atoms. The first-order chi connectivity index (χ1) is 13.8. The molecule has 29 heavy (non-hydrogen) atoms. The molecule has 0 aromatic heterocycles. The summed E-state index contributed by atoms with van der Waals surface area (Å²) in [6.45, 7) is 8.74. The number of hydrogen-bond donors (Lipinski definition) is 1. The molecule has 2 atom stereocenters. The number of aromatic hydroxyl groups is 1. The zero-order valence-corrected chi connectivity index (χ0v) is 17.3. The molecule has 3 heterocycles. The van der Waals surface area contributed by atoms with Gasteiger partial charge in [0.25, 0.3) is 0 Å². The van der Waals surface area contributed by atoms with E-state index in [0.717, 1.165) is 39.5 Å². The third kappa shape index (κ3) is 2.98. The molecule has 2 unspecified atom stereocenters. The second-order valence-corrected chi connectivity index (χ2v) is 8.89. The molecule has 3 aliphatic heterocycles. The van der Waals surface area contributed by atoms with Crippen LogP contribution in [0.2, 0.25) is 0 Å². The SMILES string of the molecule is CC(C)=CCc1c(O)ccc2c1OCC1c3cc4c(cc3OC21)C=CC(C)(C)O4. The maximum Gasteiger partial charge on any atom is 0.138 e. The average molecular weight is 390 g/mol. The monoisotopic (exact) mass is 390 g/mol. The predicted octanol–water partition coefficient (Wildman–Crippen LogP) is 5.69. The number of hydrogen-bond acceptors (Lipinski definition) is 4. The summed E-state index contributed by atoms with van der Waals surface area (Å²) in [5.41, 5.74) is 4.90. The summed E-state index contributed by atoms with van der Waals surface area (Å²) in [6.07, 6.45) is 6.81. The van der Waals surface area contributed by atoms with Gasteiger partial charge in [-0.3, -0.25) is 0 Å². The predicted molar refractivity (Wildman–Crippen MR) is 113 cm³/mol. The van der Waals surface area contributed by atoms with Crippen molar-refractivity contribution >= 4 is 6.08 Å². The zero-order valence-electron chi connectivity index (χ0n) is 17.3. The fourth-order valence-electron chi connectivity index (χ4n) is 4.36. The highest BCUT2D eigenvalue weighted by Crippen LogP contribution is 2.54. The van der Waals surface area contributed by atoms with Gasteiger partial charge < -0.3 is 19.3 Å². The normalized spacial score (nSPS) is 22.2. The summed E-state index contributed by atoms with van der Waals surface area (Å²) in [5, 5.41) is 10.4. The van der Waals surface area contributed by atoms with E-state index in [0.29, 0.717) is 13.0 Å². The standard InChI is InChI=1S/C25H26O4/c1-14(2)5-6-16-20(26)8-7-17-23(16)27-13-19-18-12-21-15(9-10-25(3,4)29-21)11-22(18)28-24(17)19/h5,7-12,19,24,26H,6,13H2,1-4H3. The average Bonchev–Trinajstić information content (AvgIpc) is 3.02. The molecule has 0 amide bonds. The molecule has 4 heteroatoms. The summed E-state index contributed by atoms with van der Waals surface area (Å²) in [6, 6.07) is 7.86. The van der Waals surface area contributed by atoms with Crippen LogP contribution in [0.1, 0.15) is 62.0 Å². The van der Waals surface area contributed by atoms with E-state index in [2.05, 4.69) is 58.1 Å². The van der Waals surface area contributed by atoms with Gasteiger partial charge in [-0.1, -0.05) is 17.7 Å². The fourth-order valence-corrected chi connectivity index (χ4v) is 4.36. The van der Waals surface area contributed by atoms with E-state index >= 15 is 0 Å². The Hall–Kier alpha value is -2.88. The van der Waals surface area contributed by atoms with Crippen LogP contribution < -0.4 is 14.2 Å². The number of fused-ring (bicyclic) bond motifs is 6. The van der Waals surface area contributed by atoms with Crippen molar-refractivity contribution in [2.45, 2.75) is 51.7 Å². The maximum absolute atomic E-state index is 10.4. The largest absolute Gasteiger partial charge is 0.508 e. The minimum absolute atomic E-state index is 0.111. The van der Waals surface area contributed by atoms with Gasteiger partial charge in [0.2, 0.25) is 0 Å². The third-order valence-electron chi connectivity index (χ3n) is 5.89. The molecule has 4 nitrogen and oxygen atoms in total. The Kier molecular flexibility index (Phi) is 3.95. The Morgan fingerprint density at radius 1 is 1.17 bits per heavy atom. The van der Waals surface area contributed by atoms with Gasteiger partial charge in [0.15, 0.2) is 0 Å². The minimum atomic E-state index is -0.312. The van der Waals surface area contributed by atoms with Crippen molar-refractivity contribution in [2.24, 2.45) is 0 Å². The minimum Gasteiger partial charge on any atom is -0.508 e. The molecule has 0 bridgehead atoms. The number of ether oxygens (including phenoxy) is 3. The van der Waals surface area contributed by atoms with Crippen molar-refractivity contribution in [3.63, 3.8) is 0 Å².